The van der Waals surface area contributed by atoms with E-state index in [1.54, 1.807) is 0 Å². The molecule has 0 spiro atoms. The van der Waals surface area contributed by atoms with Gasteiger partial charge in [0.25, 0.3) is 0 Å². The minimum Gasteiger partial charge on any atom is -0.345 e. The third-order valence-corrected chi connectivity index (χ3v) is 2.11. The highest BCUT2D eigenvalue weighted by Crippen LogP contribution is 2.07. The molecule has 0 aromatic heterocycles. The number of rotatable bonds is 6. The summed E-state index contributed by atoms with van der Waals surface area (Å²) in [5, 5.41) is 2.79. The van der Waals surface area contributed by atoms with Gasteiger partial charge in [-0.3, -0.25) is 4.79 Å². The molecule has 0 heterocycles. The van der Waals surface area contributed by atoms with E-state index in [1.807, 2.05) is 6.92 Å². The Labute approximate surface area is 93.8 Å². The standard InChI is InChI=1S/C13H23NO/c1-4-5-8-11-14-13(15)10-7-6-9-12(2)3/h12H,4,6-7,9-11H2,1-3H3,(H,14,15). The van der Waals surface area contributed by atoms with Crippen molar-refractivity contribution in [3.63, 3.8) is 0 Å². The van der Waals surface area contributed by atoms with Crippen molar-refractivity contribution < 1.29 is 4.79 Å². The van der Waals surface area contributed by atoms with Crippen molar-refractivity contribution in [2.24, 2.45) is 5.92 Å². The largest absolute Gasteiger partial charge is 0.345 e. The summed E-state index contributed by atoms with van der Waals surface area (Å²) in [4.78, 5) is 11.3. The van der Waals surface area contributed by atoms with Gasteiger partial charge in [-0.15, -0.1) is 5.92 Å². The summed E-state index contributed by atoms with van der Waals surface area (Å²) in [5.41, 5.74) is 0. The molecule has 2 heteroatoms. The molecule has 0 atom stereocenters. The molecular weight excluding hydrogens is 186 g/mol. The predicted molar refractivity (Wildman–Crippen MR) is 64.4 cm³/mol. The summed E-state index contributed by atoms with van der Waals surface area (Å²) in [7, 11) is 0. The van der Waals surface area contributed by atoms with Gasteiger partial charge in [0.1, 0.15) is 0 Å². The summed E-state index contributed by atoms with van der Waals surface area (Å²) < 4.78 is 0. The third kappa shape index (κ3) is 11.0. The van der Waals surface area contributed by atoms with Crippen molar-refractivity contribution in [2.45, 2.75) is 52.9 Å². The molecule has 0 aromatic rings. The quantitative estimate of drug-likeness (QED) is 0.529. The molecule has 0 rings (SSSR count). The summed E-state index contributed by atoms with van der Waals surface area (Å²) in [5.74, 6) is 6.68. The number of unbranched alkanes of at least 4 members (excludes halogenated alkanes) is 1. The van der Waals surface area contributed by atoms with E-state index in [0.717, 1.165) is 25.2 Å². The molecule has 0 aliphatic carbocycles. The Hall–Kier alpha value is -0.970. The van der Waals surface area contributed by atoms with Crippen molar-refractivity contribution in [1.82, 2.24) is 5.32 Å². The second kappa shape index (κ2) is 9.58. The lowest BCUT2D eigenvalue weighted by Gasteiger charge is -2.04. The highest BCUT2D eigenvalue weighted by atomic mass is 16.1. The van der Waals surface area contributed by atoms with Crippen molar-refractivity contribution >= 4 is 5.91 Å². The Morgan fingerprint density at radius 1 is 1.27 bits per heavy atom. The SMILES string of the molecule is CCC#CCNC(=O)CCCCC(C)C. The number of nitrogens with one attached hydrogen (secondary N) is 1. The number of carbonyl (C=O) groups is 1. The fourth-order valence-corrected chi connectivity index (χ4v) is 1.26. The topological polar surface area (TPSA) is 29.1 Å². The first kappa shape index (κ1) is 14.0. The van der Waals surface area contributed by atoms with E-state index in [2.05, 4.69) is 31.0 Å². The van der Waals surface area contributed by atoms with Crippen LogP contribution in [0.15, 0.2) is 0 Å². The zero-order valence-corrected chi connectivity index (χ0v) is 10.2. The van der Waals surface area contributed by atoms with Crippen LogP contribution in [0.5, 0.6) is 0 Å². The molecule has 0 saturated carbocycles. The first-order valence-corrected chi connectivity index (χ1v) is 5.89. The molecular formula is C13H23NO. The monoisotopic (exact) mass is 209 g/mol. The molecule has 0 saturated heterocycles. The summed E-state index contributed by atoms with van der Waals surface area (Å²) in [6, 6.07) is 0. The molecule has 0 aliphatic heterocycles. The summed E-state index contributed by atoms with van der Waals surface area (Å²) in [6.45, 7) is 6.92. The van der Waals surface area contributed by atoms with Gasteiger partial charge in [0.15, 0.2) is 0 Å². The van der Waals surface area contributed by atoms with Crippen LogP contribution >= 0.6 is 0 Å². The first-order chi connectivity index (χ1) is 7.16. The molecule has 0 bridgehead atoms. The molecule has 1 N–H and O–H groups in total. The maximum absolute atomic E-state index is 11.3. The molecule has 15 heavy (non-hydrogen) atoms. The fourth-order valence-electron chi connectivity index (χ4n) is 1.26. The lowest BCUT2D eigenvalue weighted by atomic mass is 10.1. The van der Waals surface area contributed by atoms with Crippen LogP contribution in [0.3, 0.4) is 0 Å². The number of amides is 1. The number of hydrogen-bond donors (Lipinski definition) is 1. The number of carbonyl (C=O) groups excluding carboxylic acids is 1. The maximum atomic E-state index is 11.3. The molecule has 0 unspecified atom stereocenters. The maximum Gasteiger partial charge on any atom is 0.220 e. The van der Waals surface area contributed by atoms with Crippen LogP contribution in [-0.2, 0) is 4.79 Å². The lowest BCUT2D eigenvalue weighted by molar-refractivity contribution is -0.120. The predicted octanol–water partition coefficient (Wildman–Crippen LogP) is 2.73. The van der Waals surface area contributed by atoms with Crippen molar-refractivity contribution in [3.8, 4) is 11.8 Å². The van der Waals surface area contributed by atoms with Gasteiger partial charge < -0.3 is 5.32 Å². The second-order valence-electron chi connectivity index (χ2n) is 4.12. The highest BCUT2D eigenvalue weighted by molar-refractivity contribution is 5.76. The first-order valence-electron chi connectivity index (χ1n) is 5.89. The molecule has 86 valence electrons. The van der Waals surface area contributed by atoms with E-state index in [9.17, 15) is 4.79 Å². The molecule has 0 aromatic carbocycles. The highest BCUT2D eigenvalue weighted by Gasteiger charge is 2.00. The van der Waals surface area contributed by atoms with Gasteiger partial charge in [-0.05, 0) is 12.3 Å². The average molecular weight is 209 g/mol. The van der Waals surface area contributed by atoms with Gasteiger partial charge in [-0.1, -0.05) is 39.5 Å². The minimum absolute atomic E-state index is 0.129. The summed E-state index contributed by atoms with van der Waals surface area (Å²) in [6.07, 6.45) is 4.84. The van der Waals surface area contributed by atoms with E-state index in [1.165, 1.54) is 6.42 Å². The lowest BCUT2D eigenvalue weighted by Crippen LogP contribution is -2.23. The van der Waals surface area contributed by atoms with Gasteiger partial charge in [-0.25, -0.2) is 0 Å². The smallest absolute Gasteiger partial charge is 0.220 e. The van der Waals surface area contributed by atoms with E-state index in [-0.39, 0.29) is 5.91 Å². The van der Waals surface area contributed by atoms with Gasteiger partial charge in [0.2, 0.25) is 5.91 Å². The van der Waals surface area contributed by atoms with Gasteiger partial charge in [0.05, 0.1) is 6.54 Å². The summed E-state index contributed by atoms with van der Waals surface area (Å²) >= 11 is 0. The van der Waals surface area contributed by atoms with Gasteiger partial charge in [-0.2, -0.15) is 0 Å². The average Bonchev–Trinajstić information content (AvgIpc) is 2.19. The fraction of sp³-hybridized carbons (Fsp3) is 0.769. The van der Waals surface area contributed by atoms with E-state index < -0.39 is 0 Å². The van der Waals surface area contributed by atoms with E-state index in [4.69, 9.17) is 0 Å². The zero-order valence-electron chi connectivity index (χ0n) is 10.2. The van der Waals surface area contributed by atoms with Crippen molar-refractivity contribution in [3.05, 3.63) is 0 Å². The van der Waals surface area contributed by atoms with E-state index >= 15 is 0 Å². The molecule has 1 amide bonds. The zero-order chi connectivity index (χ0) is 11.5. The van der Waals surface area contributed by atoms with Crippen molar-refractivity contribution in [1.29, 1.82) is 0 Å². The normalized spacial score (nSPS) is 9.60. The van der Waals surface area contributed by atoms with Crippen molar-refractivity contribution in [2.75, 3.05) is 6.54 Å². The molecule has 2 nitrogen and oxygen atoms in total. The van der Waals surface area contributed by atoms with Crippen LogP contribution < -0.4 is 5.32 Å². The van der Waals surface area contributed by atoms with Gasteiger partial charge >= 0.3 is 0 Å². The van der Waals surface area contributed by atoms with Gasteiger partial charge in [0, 0.05) is 12.8 Å². The van der Waals surface area contributed by atoms with Crippen LogP contribution in [-0.4, -0.2) is 12.5 Å². The Balaban J connectivity index is 3.33. The van der Waals surface area contributed by atoms with Crippen LogP contribution in [0.25, 0.3) is 0 Å². The Morgan fingerprint density at radius 3 is 2.60 bits per heavy atom. The third-order valence-electron chi connectivity index (χ3n) is 2.11. The molecule has 0 aliphatic rings. The minimum atomic E-state index is 0.129. The molecule has 0 fully saturated rings. The Kier molecular flexibility index (Phi) is 8.96. The molecule has 0 radical (unpaired) electrons. The van der Waals surface area contributed by atoms with Crippen LogP contribution in [0, 0.1) is 17.8 Å². The Morgan fingerprint density at radius 2 is 2.00 bits per heavy atom. The van der Waals surface area contributed by atoms with E-state index in [0.29, 0.717) is 13.0 Å². The Bertz CT molecular complexity index is 222. The second-order valence-corrected chi connectivity index (χ2v) is 4.12. The number of hydrogen-bond acceptors (Lipinski definition) is 1. The van der Waals surface area contributed by atoms with Crippen LogP contribution in [0.2, 0.25) is 0 Å². The van der Waals surface area contributed by atoms with Crippen LogP contribution in [0.4, 0.5) is 0 Å². The van der Waals surface area contributed by atoms with Crippen LogP contribution in [0.1, 0.15) is 52.9 Å².